The fourth-order valence-electron chi connectivity index (χ4n) is 4.88. The van der Waals surface area contributed by atoms with Gasteiger partial charge in [0.2, 0.25) is 0 Å². The first-order valence-electron chi connectivity index (χ1n) is 7.88. The summed E-state index contributed by atoms with van der Waals surface area (Å²) >= 11 is 3.49. The fourth-order valence-corrected chi connectivity index (χ4v) is 5.24. The number of halogens is 1. The first-order chi connectivity index (χ1) is 10.1. The van der Waals surface area contributed by atoms with Crippen molar-refractivity contribution in [1.29, 1.82) is 0 Å². The van der Waals surface area contributed by atoms with E-state index in [-0.39, 0.29) is 17.6 Å². The van der Waals surface area contributed by atoms with E-state index >= 15 is 0 Å². The minimum absolute atomic E-state index is 0.0578. The van der Waals surface area contributed by atoms with Crippen LogP contribution in [0.25, 0.3) is 5.57 Å². The second kappa shape index (κ2) is 4.70. The Labute approximate surface area is 133 Å². The third-order valence-electron chi connectivity index (χ3n) is 5.76. The zero-order valence-electron chi connectivity index (χ0n) is 12.1. The van der Waals surface area contributed by atoms with Crippen molar-refractivity contribution in [3.05, 3.63) is 39.6 Å². The molecule has 0 radical (unpaired) electrons. The van der Waals surface area contributed by atoms with Gasteiger partial charge < -0.3 is 5.11 Å². The molecule has 1 aromatic rings. The molecule has 0 amide bonds. The number of carbonyl (C=O) groups is 1. The van der Waals surface area contributed by atoms with Crippen LogP contribution < -0.4 is 0 Å². The molecule has 4 rings (SSSR count). The smallest absolute Gasteiger partial charge is 0.170 e. The van der Waals surface area contributed by atoms with E-state index in [0.29, 0.717) is 23.2 Å². The second-order valence-corrected chi connectivity index (χ2v) is 7.58. The summed E-state index contributed by atoms with van der Waals surface area (Å²) in [5, 5.41) is 10.8. The van der Waals surface area contributed by atoms with Gasteiger partial charge in [-0.25, -0.2) is 0 Å². The number of benzene rings is 1. The highest BCUT2D eigenvalue weighted by atomic mass is 79.9. The molecule has 1 aromatic carbocycles. The van der Waals surface area contributed by atoms with Crippen molar-refractivity contribution in [3.8, 4) is 0 Å². The van der Waals surface area contributed by atoms with E-state index in [1.54, 1.807) is 0 Å². The molecule has 2 bridgehead atoms. The van der Waals surface area contributed by atoms with Gasteiger partial charge in [-0.15, -0.1) is 0 Å². The van der Waals surface area contributed by atoms with Gasteiger partial charge in [-0.05, 0) is 60.8 Å². The summed E-state index contributed by atoms with van der Waals surface area (Å²) in [6.07, 6.45) is 4.35. The number of aryl methyl sites for hydroxylation is 1. The van der Waals surface area contributed by atoms with Crippen molar-refractivity contribution in [2.45, 2.75) is 32.6 Å². The van der Waals surface area contributed by atoms with E-state index in [9.17, 15) is 9.90 Å². The van der Waals surface area contributed by atoms with Crippen LogP contribution in [0.1, 0.15) is 37.3 Å². The van der Waals surface area contributed by atoms with Gasteiger partial charge in [0.15, 0.2) is 5.78 Å². The van der Waals surface area contributed by atoms with Gasteiger partial charge in [-0.2, -0.15) is 0 Å². The Hall–Kier alpha value is -1.09. The molecule has 0 spiro atoms. The maximum Gasteiger partial charge on any atom is 0.170 e. The molecule has 4 unspecified atom stereocenters. The van der Waals surface area contributed by atoms with Crippen LogP contribution in [0.15, 0.2) is 28.4 Å². The van der Waals surface area contributed by atoms with Gasteiger partial charge in [0.25, 0.3) is 0 Å². The molecule has 1 N–H and O–H groups in total. The number of allylic oxidation sites excluding steroid dienone is 2. The van der Waals surface area contributed by atoms with Crippen molar-refractivity contribution in [1.82, 2.24) is 0 Å². The number of fused-ring (bicyclic) bond motifs is 5. The summed E-state index contributed by atoms with van der Waals surface area (Å²) < 4.78 is 0.961. The number of hydrogen-bond donors (Lipinski definition) is 1. The molecule has 2 fully saturated rings. The molecule has 3 heteroatoms. The summed E-state index contributed by atoms with van der Waals surface area (Å²) in [6, 6.07) is 6.05. The summed E-state index contributed by atoms with van der Waals surface area (Å²) in [4.78, 5) is 12.9. The maximum absolute atomic E-state index is 12.9. The van der Waals surface area contributed by atoms with Crippen LogP contribution in [0, 0.1) is 23.7 Å². The third kappa shape index (κ3) is 1.79. The predicted octanol–water partition coefficient (Wildman–Crippen LogP) is 4.53. The molecular weight excluding hydrogens is 328 g/mol. The lowest BCUT2D eigenvalue weighted by molar-refractivity contribution is -0.118. The summed E-state index contributed by atoms with van der Waals surface area (Å²) in [5.41, 5.74) is 2.68. The standard InChI is InChI=1S/C18H19BrO2/c1-2-9-5-6-12(19)8-13(9)16-17(20)14-10-3-4-11(7-10)15(14)18(16)21/h5-6,8,10-11,14-15,20H,2-4,7H2,1H3. The Morgan fingerprint density at radius 2 is 1.95 bits per heavy atom. The quantitative estimate of drug-likeness (QED) is 0.854. The van der Waals surface area contributed by atoms with E-state index in [2.05, 4.69) is 28.9 Å². The highest BCUT2D eigenvalue weighted by Crippen LogP contribution is 2.60. The van der Waals surface area contributed by atoms with Crippen LogP contribution in [0.5, 0.6) is 0 Å². The van der Waals surface area contributed by atoms with Gasteiger partial charge >= 0.3 is 0 Å². The number of carbonyl (C=O) groups excluding carboxylic acids is 1. The van der Waals surface area contributed by atoms with Crippen LogP contribution in [0.3, 0.4) is 0 Å². The highest BCUT2D eigenvalue weighted by molar-refractivity contribution is 9.10. The van der Waals surface area contributed by atoms with E-state index < -0.39 is 0 Å². The molecular formula is C18H19BrO2. The lowest BCUT2D eigenvalue weighted by Gasteiger charge is -2.23. The normalized spacial score (nSPS) is 33.9. The topological polar surface area (TPSA) is 37.3 Å². The molecule has 2 saturated carbocycles. The molecule has 3 aliphatic carbocycles. The first-order valence-corrected chi connectivity index (χ1v) is 8.67. The number of hydrogen-bond acceptors (Lipinski definition) is 2. The van der Waals surface area contributed by atoms with Gasteiger partial charge in [0.1, 0.15) is 5.76 Å². The monoisotopic (exact) mass is 346 g/mol. The van der Waals surface area contributed by atoms with Crippen molar-refractivity contribution in [2.24, 2.45) is 23.7 Å². The Balaban J connectivity index is 1.85. The number of ketones is 1. The largest absolute Gasteiger partial charge is 0.511 e. The van der Waals surface area contributed by atoms with E-state index in [4.69, 9.17) is 0 Å². The zero-order chi connectivity index (χ0) is 14.7. The SMILES string of the molecule is CCc1ccc(Br)cc1C1=C(O)C2C3CCC(C3)C2C1=O. The molecule has 21 heavy (non-hydrogen) atoms. The Morgan fingerprint density at radius 3 is 2.62 bits per heavy atom. The van der Waals surface area contributed by atoms with E-state index in [1.807, 2.05) is 12.1 Å². The summed E-state index contributed by atoms with van der Waals surface area (Å²) in [5.74, 6) is 1.77. The van der Waals surface area contributed by atoms with Crippen molar-refractivity contribution < 1.29 is 9.90 Å². The van der Waals surface area contributed by atoms with Crippen LogP contribution in [-0.2, 0) is 11.2 Å². The number of rotatable bonds is 2. The maximum atomic E-state index is 12.9. The summed E-state index contributed by atoms with van der Waals surface area (Å²) in [7, 11) is 0. The van der Waals surface area contributed by atoms with Crippen molar-refractivity contribution in [2.75, 3.05) is 0 Å². The molecule has 4 atom stereocenters. The highest BCUT2D eigenvalue weighted by Gasteiger charge is 2.57. The predicted molar refractivity (Wildman–Crippen MR) is 85.9 cm³/mol. The van der Waals surface area contributed by atoms with E-state index in [1.165, 1.54) is 6.42 Å². The van der Waals surface area contributed by atoms with Crippen LogP contribution in [0.4, 0.5) is 0 Å². The minimum atomic E-state index is 0.0578. The lowest BCUT2D eigenvalue weighted by Crippen LogP contribution is -2.24. The Kier molecular flexibility index (Phi) is 3.04. The van der Waals surface area contributed by atoms with Gasteiger partial charge in [0.05, 0.1) is 5.57 Å². The Morgan fingerprint density at radius 1 is 1.24 bits per heavy atom. The molecule has 0 heterocycles. The van der Waals surface area contributed by atoms with E-state index in [0.717, 1.165) is 34.9 Å². The zero-order valence-corrected chi connectivity index (χ0v) is 13.7. The third-order valence-corrected chi connectivity index (χ3v) is 6.25. The first kappa shape index (κ1) is 13.6. The second-order valence-electron chi connectivity index (χ2n) is 6.66. The Bertz CT molecular complexity index is 661. The number of Topliss-reactive ketones (excluding diaryl/α,β-unsaturated/α-hetero) is 1. The lowest BCUT2D eigenvalue weighted by atomic mass is 9.80. The average molecular weight is 347 g/mol. The van der Waals surface area contributed by atoms with Gasteiger partial charge in [0, 0.05) is 16.3 Å². The van der Waals surface area contributed by atoms with Crippen molar-refractivity contribution >= 4 is 27.3 Å². The number of aliphatic hydroxyl groups is 1. The minimum Gasteiger partial charge on any atom is -0.511 e. The van der Waals surface area contributed by atoms with Gasteiger partial charge in [-0.3, -0.25) is 4.79 Å². The van der Waals surface area contributed by atoms with Gasteiger partial charge in [-0.1, -0.05) is 28.9 Å². The van der Waals surface area contributed by atoms with Crippen LogP contribution in [0.2, 0.25) is 0 Å². The van der Waals surface area contributed by atoms with Crippen LogP contribution in [-0.4, -0.2) is 10.9 Å². The number of aliphatic hydroxyl groups excluding tert-OH is 1. The molecule has 110 valence electrons. The molecule has 0 saturated heterocycles. The molecule has 0 aliphatic heterocycles. The summed E-state index contributed by atoms with van der Waals surface area (Å²) in [6.45, 7) is 2.09. The molecule has 0 aromatic heterocycles. The fraction of sp³-hybridized carbons (Fsp3) is 0.500. The average Bonchev–Trinajstić information content (AvgIpc) is 3.13. The van der Waals surface area contributed by atoms with Crippen LogP contribution >= 0.6 is 15.9 Å². The molecule has 2 nitrogen and oxygen atoms in total. The van der Waals surface area contributed by atoms with Crippen molar-refractivity contribution in [3.63, 3.8) is 0 Å². The molecule has 3 aliphatic rings.